The standard InChI is InChI=1S/C21H19F2N7/c1-14-13-30(27-25-14)16-5-3-15(4-6-16)11-20-24-21-28(9-2-10-29(21)26-20)17-7-8-18(22)19(23)12-17/h3-8,12-13H,2,9-11H2,1H3. The molecule has 0 amide bonds. The summed E-state index contributed by atoms with van der Waals surface area (Å²) in [7, 11) is 0. The average Bonchev–Trinajstić information content (AvgIpc) is 3.36. The Balaban J connectivity index is 1.38. The van der Waals surface area contributed by atoms with E-state index in [-0.39, 0.29) is 0 Å². The predicted molar refractivity (Wildman–Crippen MR) is 107 cm³/mol. The molecular formula is C21H19F2N7. The molecule has 1 aliphatic rings. The lowest BCUT2D eigenvalue weighted by Gasteiger charge is -2.27. The van der Waals surface area contributed by atoms with Gasteiger partial charge in [-0.05, 0) is 43.2 Å². The minimum absolute atomic E-state index is 0.571. The van der Waals surface area contributed by atoms with E-state index in [0.717, 1.165) is 36.0 Å². The minimum Gasteiger partial charge on any atom is -0.311 e. The molecule has 1 aliphatic heterocycles. The molecule has 9 heteroatoms. The van der Waals surface area contributed by atoms with Crippen molar-refractivity contribution in [2.75, 3.05) is 11.4 Å². The average molecular weight is 407 g/mol. The molecule has 0 saturated carbocycles. The lowest BCUT2D eigenvalue weighted by Crippen LogP contribution is -2.28. The molecule has 0 fully saturated rings. The van der Waals surface area contributed by atoms with Crippen LogP contribution in [0.25, 0.3) is 5.69 Å². The Morgan fingerprint density at radius 1 is 0.967 bits per heavy atom. The van der Waals surface area contributed by atoms with Crippen LogP contribution in [0.15, 0.2) is 48.7 Å². The van der Waals surface area contributed by atoms with Crippen LogP contribution in [0.4, 0.5) is 20.4 Å². The lowest BCUT2D eigenvalue weighted by atomic mass is 10.1. The van der Waals surface area contributed by atoms with Gasteiger partial charge in [0, 0.05) is 31.3 Å². The molecule has 152 valence electrons. The summed E-state index contributed by atoms with van der Waals surface area (Å²) in [5, 5.41) is 12.7. The number of benzene rings is 2. The van der Waals surface area contributed by atoms with Crippen molar-refractivity contribution in [2.24, 2.45) is 0 Å². The molecule has 0 saturated heterocycles. The molecule has 0 bridgehead atoms. The Morgan fingerprint density at radius 2 is 1.77 bits per heavy atom. The van der Waals surface area contributed by atoms with Gasteiger partial charge >= 0.3 is 0 Å². The van der Waals surface area contributed by atoms with E-state index >= 15 is 0 Å². The second-order valence-corrected chi connectivity index (χ2v) is 7.30. The van der Waals surface area contributed by atoms with E-state index < -0.39 is 11.6 Å². The molecule has 0 aliphatic carbocycles. The fourth-order valence-corrected chi connectivity index (χ4v) is 3.60. The summed E-state index contributed by atoms with van der Waals surface area (Å²) in [5.74, 6) is -0.393. The van der Waals surface area contributed by atoms with E-state index in [1.165, 1.54) is 6.07 Å². The molecule has 0 N–H and O–H groups in total. The van der Waals surface area contributed by atoms with Crippen LogP contribution in [-0.2, 0) is 13.0 Å². The number of rotatable bonds is 4. The highest BCUT2D eigenvalue weighted by atomic mass is 19.2. The smallest absolute Gasteiger partial charge is 0.228 e. The van der Waals surface area contributed by atoms with Crippen LogP contribution in [0, 0.1) is 18.6 Å². The topological polar surface area (TPSA) is 64.7 Å². The summed E-state index contributed by atoms with van der Waals surface area (Å²) in [6.07, 6.45) is 3.29. The van der Waals surface area contributed by atoms with Crippen molar-refractivity contribution in [3.63, 3.8) is 0 Å². The fraction of sp³-hybridized carbons (Fsp3) is 0.238. The summed E-state index contributed by atoms with van der Waals surface area (Å²) in [6, 6.07) is 11.9. The van der Waals surface area contributed by atoms with Crippen LogP contribution in [0.3, 0.4) is 0 Å². The maximum Gasteiger partial charge on any atom is 0.228 e. The molecule has 0 spiro atoms. The second-order valence-electron chi connectivity index (χ2n) is 7.30. The predicted octanol–water partition coefficient (Wildman–Crippen LogP) is 3.58. The number of fused-ring (bicyclic) bond motifs is 1. The number of halogens is 2. The van der Waals surface area contributed by atoms with Gasteiger partial charge in [0.1, 0.15) is 0 Å². The highest BCUT2D eigenvalue weighted by Gasteiger charge is 2.23. The van der Waals surface area contributed by atoms with Crippen molar-refractivity contribution in [3.05, 3.63) is 77.4 Å². The third-order valence-corrected chi connectivity index (χ3v) is 5.08. The molecule has 2 aromatic heterocycles. The van der Waals surface area contributed by atoms with Gasteiger partial charge in [0.15, 0.2) is 17.5 Å². The Kier molecular flexibility index (Phi) is 4.50. The Bertz CT molecular complexity index is 1200. The molecule has 5 rings (SSSR count). The Morgan fingerprint density at radius 3 is 2.50 bits per heavy atom. The first kappa shape index (κ1) is 18.4. The molecule has 0 unspecified atom stereocenters. The van der Waals surface area contributed by atoms with Crippen LogP contribution in [0.2, 0.25) is 0 Å². The number of aryl methyl sites for hydroxylation is 2. The lowest BCUT2D eigenvalue weighted by molar-refractivity contribution is 0.506. The van der Waals surface area contributed by atoms with E-state index in [2.05, 4.69) is 20.4 Å². The first-order valence-corrected chi connectivity index (χ1v) is 9.71. The van der Waals surface area contributed by atoms with E-state index in [1.54, 1.807) is 10.7 Å². The van der Waals surface area contributed by atoms with E-state index in [0.29, 0.717) is 30.4 Å². The first-order valence-electron chi connectivity index (χ1n) is 9.71. The summed E-state index contributed by atoms with van der Waals surface area (Å²) in [5.41, 5.74) is 3.43. The Hall–Kier alpha value is -3.62. The van der Waals surface area contributed by atoms with Gasteiger partial charge in [-0.1, -0.05) is 17.3 Å². The summed E-state index contributed by atoms with van der Waals surface area (Å²) < 4.78 is 30.6. The highest BCUT2D eigenvalue weighted by molar-refractivity contribution is 5.58. The van der Waals surface area contributed by atoms with Gasteiger partial charge in [0.05, 0.1) is 17.6 Å². The monoisotopic (exact) mass is 407 g/mol. The van der Waals surface area contributed by atoms with Gasteiger partial charge < -0.3 is 4.90 Å². The van der Waals surface area contributed by atoms with Crippen molar-refractivity contribution in [2.45, 2.75) is 26.3 Å². The summed E-state index contributed by atoms with van der Waals surface area (Å²) >= 11 is 0. The molecule has 4 aromatic rings. The third kappa shape index (κ3) is 3.42. The van der Waals surface area contributed by atoms with Crippen molar-refractivity contribution >= 4 is 11.6 Å². The van der Waals surface area contributed by atoms with Gasteiger partial charge in [-0.2, -0.15) is 10.1 Å². The van der Waals surface area contributed by atoms with Crippen molar-refractivity contribution in [1.82, 2.24) is 29.8 Å². The molecule has 30 heavy (non-hydrogen) atoms. The number of anilines is 2. The molecule has 2 aromatic carbocycles. The summed E-state index contributed by atoms with van der Waals surface area (Å²) in [4.78, 5) is 6.55. The van der Waals surface area contributed by atoms with Crippen LogP contribution < -0.4 is 4.90 Å². The zero-order chi connectivity index (χ0) is 20.7. The zero-order valence-corrected chi connectivity index (χ0v) is 16.3. The first-order chi connectivity index (χ1) is 14.6. The van der Waals surface area contributed by atoms with Gasteiger partial charge in [0.25, 0.3) is 0 Å². The quantitative estimate of drug-likeness (QED) is 0.517. The van der Waals surface area contributed by atoms with Gasteiger partial charge in [-0.25, -0.2) is 18.1 Å². The van der Waals surface area contributed by atoms with Crippen LogP contribution in [0.5, 0.6) is 0 Å². The highest BCUT2D eigenvalue weighted by Crippen LogP contribution is 2.29. The molecule has 3 heterocycles. The van der Waals surface area contributed by atoms with Crippen LogP contribution in [-0.4, -0.2) is 36.3 Å². The van der Waals surface area contributed by atoms with Crippen LogP contribution >= 0.6 is 0 Å². The number of aromatic nitrogens is 6. The second kappa shape index (κ2) is 7.33. The summed E-state index contributed by atoms with van der Waals surface area (Å²) in [6.45, 7) is 3.32. The third-order valence-electron chi connectivity index (χ3n) is 5.08. The Labute approximate surface area is 171 Å². The van der Waals surface area contributed by atoms with Gasteiger partial charge in [-0.15, -0.1) is 5.10 Å². The van der Waals surface area contributed by atoms with Crippen LogP contribution in [0.1, 0.15) is 23.5 Å². The normalized spacial score (nSPS) is 13.5. The maximum atomic E-state index is 13.7. The van der Waals surface area contributed by atoms with Crippen molar-refractivity contribution < 1.29 is 8.78 Å². The zero-order valence-electron chi connectivity index (χ0n) is 16.3. The van der Waals surface area contributed by atoms with Crippen molar-refractivity contribution in [1.29, 1.82) is 0 Å². The maximum absolute atomic E-state index is 13.7. The van der Waals surface area contributed by atoms with Gasteiger partial charge in [-0.3, -0.25) is 0 Å². The van der Waals surface area contributed by atoms with E-state index in [1.807, 2.05) is 47.0 Å². The van der Waals surface area contributed by atoms with Crippen molar-refractivity contribution in [3.8, 4) is 5.69 Å². The molecular weight excluding hydrogens is 388 g/mol. The molecule has 0 atom stereocenters. The molecule has 0 radical (unpaired) electrons. The van der Waals surface area contributed by atoms with E-state index in [4.69, 9.17) is 0 Å². The van der Waals surface area contributed by atoms with E-state index in [9.17, 15) is 8.78 Å². The number of hydrogen-bond donors (Lipinski definition) is 0. The SMILES string of the molecule is Cc1cn(-c2ccc(Cc3nc4n(n3)CCCN4c3ccc(F)c(F)c3)cc2)nn1. The fourth-order valence-electron chi connectivity index (χ4n) is 3.60. The van der Waals surface area contributed by atoms with Gasteiger partial charge in [0.2, 0.25) is 5.95 Å². The molecule has 7 nitrogen and oxygen atoms in total. The minimum atomic E-state index is -0.868. The largest absolute Gasteiger partial charge is 0.311 e. The number of hydrogen-bond acceptors (Lipinski definition) is 5. The number of nitrogens with zero attached hydrogens (tertiary/aromatic N) is 7.